The van der Waals surface area contributed by atoms with E-state index < -0.39 is 28.9 Å². The zero-order chi connectivity index (χ0) is 14.6. The van der Waals surface area contributed by atoms with Crippen LogP contribution in [0.4, 0.5) is 13.2 Å². The van der Waals surface area contributed by atoms with Gasteiger partial charge in [0.15, 0.2) is 17.5 Å². The summed E-state index contributed by atoms with van der Waals surface area (Å²) in [6.45, 7) is 3.48. The third kappa shape index (κ3) is 3.25. The van der Waals surface area contributed by atoms with Gasteiger partial charge in [0.2, 0.25) is 0 Å². The number of rotatable bonds is 4. The highest BCUT2D eigenvalue weighted by atomic mass is 19.2. The molecule has 6 heteroatoms. The van der Waals surface area contributed by atoms with Crippen LogP contribution in [-0.2, 0) is 0 Å². The van der Waals surface area contributed by atoms with Gasteiger partial charge in [0.05, 0.1) is 18.1 Å². The molecular weight excluding hydrogens is 257 g/mol. The quantitative estimate of drug-likeness (QED) is 0.790. The van der Waals surface area contributed by atoms with E-state index in [1.165, 1.54) is 4.90 Å². The van der Waals surface area contributed by atoms with Crippen molar-refractivity contribution in [2.45, 2.75) is 26.3 Å². The van der Waals surface area contributed by atoms with Crippen LogP contribution in [-0.4, -0.2) is 23.4 Å². The third-order valence-corrected chi connectivity index (χ3v) is 2.61. The Bertz CT molecular complexity index is 523. The molecule has 0 aliphatic carbocycles. The summed E-state index contributed by atoms with van der Waals surface area (Å²) < 4.78 is 39.4. The number of carbonyl (C=O) groups excluding carboxylic acids is 1. The Labute approximate surface area is 109 Å². The Kier molecular flexibility index (Phi) is 4.93. The Morgan fingerprint density at radius 1 is 1.32 bits per heavy atom. The zero-order valence-electron chi connectivity index (χ0n) is 10.6. The van der Waals surface area contributed by atoms with E-state index >= 15 is 0 Å². The van der Waals surface area contributed by atoms with Gasteiger partial charge in [-0.15, -0.1) is 0 Å². The van der Waals surface area contributed by atoms with Crippen molar-refractivity contribution in [3.63, 3.8) is 0 Å². The van der Waals surface area contributed by atoms with Crippen molar-refractivity contribution >= 4 is 5.91 Å². The van der Waals surface area contributed by atoms with Gasteiger partial charge >= 0.3 is 0 Å². The molecule has 0 saturated heterocycles. The van der Waals surface area contributed by atoms with Gasteiger partial charge in [-0.1, -0.05) is 0 Å². The second kappa shape index (κ2) is 6.23. The van der Waals surface area contributed by atoms with E-state index in [-0.39, 0.29) is 19.0 Å². The molecule has 0 atom stereocenters. The maximum Gasteiger partial charge on any atom is 0.257 e. The molecule has 19 heavy (non-hydrogen) atoms. The van der Waals surface area contributed by atoms with Gasteiger partial charge in [-0.25, -0.2) is 13.2 Å². The number of hydrogen-bond donors (Lipinski definition) is 0. The summed E-state index contributed by atoms with van der Waals surface area (Å²) in [6.07, 6.45) is 0.0786. The number of benzene rings is 1. The second-order valence-corrected chi connectivity index (χ2v) is 4.22. The van der Waals surface area contributed by atoms with Crippen LogP contribution in [0.3, 0.4) is 0 Å². The molecule has 0 spiro atoms. The lowest BCUT2D eigenvalue weighted by Gasteiger charge is -2.26. The molecule has 0 aromatic heterocycles. The van der Waals surface area contributed by atoms with Crippen molar-refractivity contribution in [1.29, 1.82) is 5.26 Å². The Morgan fingerprint density at radius 3 is 2.47 bits per heavy atom. The lowest BCUT2D eigenvalue weighted by Crippen LogP contribution is -2.38. The van der Waals surface area contributed by atoms with E-state index in [4.69, 9.17) is 5.26 Å². The Morgan fingerprint density at radius 2 is 1.95 bits per heavy atom. The van der Waals surface area contributed by atoms with Gasteiger partial charge in [0.1, 0.15) is 0 Å². The van der Waals surface area contributed by atoms with Crippen molar-refractivity contribution in [1.82, 2.24) is 4.90 Å². The lowest BCUT2D eigenvalue weighted by molar-refractivity contribution is 0.0704. The fourth-order valence-electron chi connectivity index (χ4n) is 1.61. The second-order valence-electron chi connectivity index (χ2n) is 4.22. The van der Waals surface area contributed by atoms with Crippen LogP contribution in [0.5, 0.6) is 0 Å². The van der Waals surface area contributed by atoms with Crippen molar-refractivity contribution in [3.8, 4) is 6.07 Å². The first-order valence-electron chi connectivity index (χ1n) is 5.71. The molecule has 1 rings (SSSR count). The molecule has 0 aliphatic rings. The third-order valence-electron chi connectivity index (χ3n) is 2.61. The van der Waals surface area contributed by atoms with Gasteiger partial charge in [-0.05, 0) is 26.0 Å². The summed E-state index contributed by atoms with van der Waals surface area (Å²) in [6, 6.07) is 3.19. The van der Waals surface area contributed by atoms with Gasteiger partial charge in [0.25, 0.3) is 5.91 Å². The standard InChI is InChI=1S/C13H13F3N2O/c1-8(2)18(7-3-6-17)13(19)9-4-5-10(14)12(16)11(9)15/h4-5,8H,3,7H2,1-2H3. The SMILES string of the molecule is CC(C)N(CCC#N)C(=O)c1ccc(F)c(F)c1F. The number of amides is 1. The fourth-order valence-corrected chi connectivity index (χ4v) is 1.61. The minimum Gasteiger partial charge on any atom is -0.335 e. The highest BCUT2D eigenvalue weighted by molar-refractivity contribution is 5.94. The topological polar surface area (TPSA) is 44.1 Å². The highest BCUT2D eigenvalue weighted by Gasteiger charge is 2.24. The van der Waals surface area contributed by atoms with Crippen molar-refractivity contribution in [2.75, 3.05) is 6.54 Å². The summed E-state index contributed by atoms with van der Waals surface area (Å²) in [5.41, 5.74) is -0.537. The molecule has 0 N–H and O–H groups in total. The van der Waals surface area contributed by atoms with Crippen molar-refractivity contribution < 1.29 is 18.0 Å². The maximum atomic E-state index is 13.5. The predicted molar refractivity (Wildman–Crippen MR) is 62.7 cm³/mol. The van der Waals surface area contributed by atoms with Gasteiger partial charge in [-0.3, -0.25) is 4.79 Å². The summed E-state index contributed by atoms with van der Waals surface area (Å²) in [7, 11) is 0. The molecule has 0 saturated carbocycles. The number of nitriles is 1. The number of carbonyl (C=O) groups is 1. The first-order chi connectivity index (χ1) is 8.90. The van der Waals surface area contributed by atoms with Gasteiger partial charge < -0.3 is 4.90 Å². The number of halogens is 3. The number of nitrogens with zero attached hydrogens (tertiary/aromatic N) is 2. The van der Waals surface area contributed by atoms with E-state index in [0.29, 0.717) is 6.07 Å². The summed E-state index contributed by atoms with van der Waals surface area (Å²) >= 11 is 0. The number of hydrogen-bond acceptors (Lipinski definition) is 2. The Hall–Kier alpha value is -2.03. The first-order valence-corrected chi connectivity index (χ1v) is 5.71. The molecule has 1 amide bonds. The zero-order valence-corrected chi connectivity index (χ0v) is 10.6. The molecule has 0 aliphatic heterocycles. The highest BCUT2D eigenvalue weighted by Crippen LogP contribution is 2.18. The van der Waals surface area contributed by atoms with Crippen LogP contribution in [0.2, 0.25) is 0 Å². The molecule has 102 valence electrons. The van der Waals surface area contributed by atoms with E-state index in [0.717, 1.165) is 6.07 Å². The molecule has 3 nitrogen and oxygen atoms in total. The van der Waals surface area contributed by atoms with Crippen LogP contribution in [0.15, 0.2) is 12.1 Å². The average molecular weight is 270 g/mol. The van der Waals surface area contributed by atoms with Crippen LogP contribution >= 0.6 is 0 Å². The summed E-state index contributed by atoms with van der Waals surface area (Å²) in [5, 5.41) is 8.51. The monoisotopic (exact) mass is 270 g/mol. The van der Waals surface area contributed by atoms with Crippen LogP contribution in [0.25, 0.3) is 0 Å². The van der Waals surface area contributed by atoms with Crippen LogP contribution in [0.1, 0.15) is 30.6 Å². The maximum absolute atomic E-state index is 13.5. The average Bonchev–Trinajstić information content (AvgIpc) is 2.36. The van der Waals surface area contributed by atoms with Crippen LogP contribution < -0.4 is 0 Å². The molecule has 0 bridgehead atoms. The minimum absolute atomic E-state index is 0.0786. The van der Waals surface area contributed by atoms with E-state index in [9.17, 15) is 18.0 Å². The van der Waals surface area contributed by atoms with Gasteiger partial charge in [-0.2, -0.15) is 5.26 Å². The molecule has 0 fully saturated rings. The van der Waals surface area contributed by atoms with Crippen molar-refractivity contribution in [2.24, 2.45) is 0 Å². The van der Waals surface area contributed by atoms with E-state index in [2.05, 4.69) is 0 Å². The molecule has 0 unspecified atom stereocenters. The Balaban J connectivity index is 3.11. The van der Waals surface area contributed by atoms with Crippen molar-refractivity contribution in [3.05, 3.63) is 35.1 Å². The molecular formula is C13H13F3N2O. The fraction of sp³-hybridized carbons (Fsp3) is 0.385. The molecule has 0 radical (unpaired) electrons. The lowest BCUT2D eigenvalue weighted by atomic mass is 10.1. The molecule has 0 heterocycles. The van der Waals surface area contributed by atoms with E-state index in [1.807, 2.05) is 6.07 Å². The normalized spacial score (nSPS) is 10.4. The molecule has 1 aromatic rings. The first kappa shape index (κ1) is 15.0. The smallest absolute Gasteiger partial charge is 0.257 e. The van der Waals surface area contributed by atoms with Gasteiger partial charge in [0, 0.05) is 12.6 Å². The summed E-state index contributed by atoms with van der Waals surface area (Å²) in [4.78, 5) is 13.3. The van der Waals surface area contributed by atoms with E-state index in [1.54, 1.807) is 13.8 Å². The summed E-state index contributed by atoms with van der Waals surface area (Å²) in [5.74, 6) is -5.29. The predicted octanol–water partition coefficient (Wildman–Crippen LogP) is 2.87. The van der Waals surface area contributed by atoms with Crippen LogP contribution in [0, 0.1) is 28.8 Å². The molecule has 1 aromatic carbocycles. The largest absolute Gasteiger partial charge is 0.335 e. The minimum atomic E-state index is -1.67.